The third-order valence-electron chi connectivity index (χ3n) is 5.00. The van der Waals surface area contributed by atoms with Crippen LogP contribution in [0.5, 0.6) is 0 Å². The summed E-state index contributed by atoms with van der Waals surface area (Å²) in [4.78, 5) is 9.33. The number of ether oxygens (including phenoxy) is 2. The number of methoxy groups -OCH3 is 1. The minimum atomic E-state index is -0.214. The number of halogens is 2. The maximum Gasteiger partial charge on any atom is 0.193 e. The smallest absolute Gasteiger partial charge is 0.193 e. The third kappa shape index (κ3) is 8.74. The first-order chi connectivity index (χ1) is 13.5. The number of rotatable bonds is 10. The lowest BCUT2D eigenvalue weighted by atomic mass is 10.1. The Bertz CT molecular complexity index is 601. The molecule has 8 heteroatoms. The molecule has 2 unspecified atom stereocenters. The van der Waals surface area contributed by atoms with E-state index in [0.717, 1.165) is 44.2 Å². The van der Waals surface area contributed by atoms with Gasteiger partial charge >= 0.3 is 0 Å². The number of nitrogens with one attached hydrogen (secondary N) is 1. The highest BCUT2D eigenvalue weighted by molar-refractivity contribution is 14.0. The quantitative estimate of drug-likeness (QED) is 0.222. The second-order valence-electron chi connectivity index (χ2n) is 7.39. The highest BCUT2D eigenvalue weighted by Crippen LogP contribution is 2.20. The molecule has 0 amide bonds. The fourth-order valence-electron chi connectivity index (χ4n) is 3.40. The Kier molecular flexibility index (Phi) is 12.7. The van der Waals surface area contributed by atoms with Crippen molar-refractivity contribution in [2.75, 3.05) is 67.2 Å². The number of likely N-dealkylation sites (tertiary alicyclic amines) is 1. The molecule has 166 valence electrons. The van der Waals surface area contributed by atoms with Gasteiger partial charge in [-0.25, -0.2) is 4.39 Å². The maximum atomic E-state index is 13.3. The molecule has 1 aromatic carbocycles. The molecule has 6 nitrogen and oxygen atoms in total. The van der Waals surface area contributed by atoms with Crippen molar-refractivity contribution in [3.05, 3.63) is 35.6 Å². The Labute approximate surface area is 191 Å². The highest BCUT2D eigenvalue weighted by Gasteiger charge is 2.25. The van der Waals surface area contributed by atoms with Gasteiger partial charge in [-0.3, -0.25) is 4.99 Å². The number of benzene rings is 1. The normalized spacial score (nSPS) is 18.1. The topological polar surface area (TPSA) is 49.3 Å². The van der Waals surface area contributed by atoms with Crippen molar-refractivity contribution in [2.24, 2.45) is 10.9 Å². The Hall–Kier alpha value is -0.970. The van der Waals surface area contributed by atoms with Gasteiger partial charge < -0.3 is 24.6 Å². The van der Waals surface area contributed by atoms with Gasteiger partial charge in [0, 0.05) is 32.7 Å². The van der Waals surface area contributed by atoms with Gasteiger partial charge in [0.25, 0.3) is 0 Å². The van der Waals surface area contributed by atoms with Gasteiger partial charge in [-0.2, -0.15) is 0 Å². The van der Waals surface area contributed by atoms with Gasteiger partial charge in [0.2, 0.25) is 0 Å². The molecule has 1 saturated heterocycles. The zero-order valence-corrected chi connectivity index (χ0v) is 20.4. The highest BCUT2D eigenvalue weighted by atomic mass is 127. The zero-order valence-electron chi connectivity index (χ0n) is 18.1. The SMILES string of the molecule is CCNC(=NCC(c1ccc(F)cc1)N(C)C)N1CCC(COCCOC)C1.I. The molecule has 1 heterocycles. The van der Waals surface area contributed by atoms with E-state index >= 15 is 0 Å². The van der Waals surface area contributed by atoms with Crippen LogP contribution in [0.3, 0.4) is 0 Å². The third-order valence-corrected chi connectivity index (χ3v) is 5.00. The molecular weight excluding hydrogens is 486 g/mol. The molecule has 0 spiro atoms. The Morgan fingerprint density at radius 3 is 2.66 bits per heavy atom. The van der Waals surface area contributed by atoms with Crippen LogP contribution >= 0.6 is 24.0 Å². The molecule has 1 N–H and O–H groups in total. The van der Waals surface area contributed by atoms with Crippen molar-refractivity contribution in [1.29, 1.82) is 0 Å². The number of hydrogen-bond donors (Lipinski definition) is 1. The second kappa shape index (κ2) is 14.1. The first-order valence-electron chi connectivity index (χ1n) is 10.1. The Morgan fingerprint density at radius 2 is 2.03 bits per heavy atom. The standard InChI is InChI=1S/C21H35FN4O2.HI/c1-5-23-21(26-11-10-17(15-26)16-28-13-12-27-4)24-14-20(25(2)3)18-6-8-19(22)9-7-18;/h6-9,17,20H,5,10-16H2,1-4H3,(H,23,24);1H. The molecule has 2 atom stereocenters. The summed E-state index contributed by atoms with van der Waals surface area (Å²) in [7, 11) is 5.74. The zero-order chi connectivity index (χ0) is 20.4. The van der Waals surface area contributed by atoms with Crippen molar-refractivity contribution in [3.63, 3.8) is 0 Å². The maximum absolute atomic E-state index is 13.3. The summed E-state index contributed by atoms with van der Waals surface area (Å²) >= 11 is 0. The number of likely N-dealkylation sites (N-methyl/N-ethyl adjacent to an activating group) is 1. The minimum absolute atomic E-state index is 0. The Balaban J connectivity index is 0.00000420. The lowest BCUT2D eigenvalue weighted by Crippen LogP contribution is -2.41. The first-order valence-corrected chi connectivity index (χ1v) is 10.1. The van der Waals surface area contributed by atoms with Crippen molar-refractivity contribution >= 4 is 29.9 Å². The molecule has 2 rings (SSSR count). The first kappa shape index (κ1) is 26.1. The summed E-state index contributed by atoms with van der Waals surface area (Å²) in [6.07, 6.45) is 1.10. The number of hydrogen-bond acceptors (Lipinski definition) is 4. The van der Waals surface area contributed by atoms with Crippen molar-refractivity contribution < 1.29 is 13.9 Å². The summed E-state index contributed by atoms with van der Waals surface area (Å²) < 4.78 is 24.0. The fourth-order valence-corrected chi connectivity index (χ4v) is 3.40. The van der Waals surface area contributed by atoms with Gasteiger partial charge in [-0.05, 0) is 45.1 Å². The summed E-state index contributed by atoms with van der Waals surface area (Å²) in [5, 5.41) is 3.41. The van der Waals surface area contributed by atoms with E-state index in [4.69, 9.17) is 14.5 Å². The molecule has 1 aliphatic rings. The van der Waals surface area contributed by atoms with Crippen LogP contribution in [0.25, 0.3) is 0 Å². The lowest BCUT2D eigenvalue weighted by Gasteiger charge is -2.26. The van der Waals surface area contributed by atoms with Crippen LogP contribution in [0.1, 0.15) is 24.9 Å². The van der Waals surface area contributed by atoms with E-state index in [9.17, 15) is 4.39 Å². The van der Waals surface area contributed by atoms with Crippen molar-refractivity contribution in [1.82, 2.24) is 15.1 Å². The lowest BCUT2D eigenvalue weighted by molar-refractivity contribution is 0.0536. The summed E-state index contributed by atoms with van der Waals surface area (Å²) in [5.74, 6) is 1.24. The Morgan fingerprint density at radius 1 is 1.31 bits per heavy atom. The van der Waals surface area contributed by atoms with Crippen LogP contribution in [0.4, 0.5) is 4.39 Å². The molecule has 29 heavy (non-hydrogen) atoms. The molecule has 0 saturated carbocycles. The average Bonchev–Trinajstić information content (AvgIpc) is 3.14. The predicted octanol–water partition coefficient (Wildman–Crippen LogP) is 3.00. The fraction of sp³-hybridized carbons (Fsp3) is 0.667. The monoisotopic (exact) mass is 522 g/mol. The number of guanidine groups is 1. The van der Waals surface area contributed by atoms with Crippen molar-refractivity contribution in [3.8, 4) is 0 Å². The molecule has 0 bridgehead atoms. The van der Waals surface area contributed by atoms with E-state index in [2.05, 4.69) is 22.0 Å². The molecule has 0 aromatic heterocycles. The number of nitrogens with zero attached hydrogens (tertiary/aromatic N) is 3. The van der Waals surface area contributed by atoms with Crippen LogP contribution < -0.4 is 5.32 Å². The predicted molar refractivity (Wildman–Crippen MR) is 127 cm³/mol. The van der Waals surface area contributed by atoms with Crippen molar-refractivity contribution in [2.45, 2.75) is 19.4 Å². The molecule has 1 aliphatic heterocycles. The minimum Gasteiger partial charge on any atom is -0.382 e. The van der Waals surface area contributed by atoms with E-state index in [1.165, 1.54) is 12.1 Å². The summed E-state index contributed by atoms with van der Waals surface area (Å²) in [5.41, 5.74) is 1.07. The number of aliphatic imine (C=N–C) groups is 1. The van der Waals surface area contributed by atoms with E-state index in [-0.39, 0.29) is 35.8 Å². The van der Waals surface area contributed by atoms with Gasteiger partial charge in [-0.15, -0.1) is 24.0 Å². The molecule has 1 fully saturated rings. The van der Waals surface area contributed by atoms with Gasteiger partial charge in [0.1, 0.15) is 5.82 Å². The molecular formula is C21H36FIN4O2. The summed E-state index contributed by atoms with van der Waals surface area (Å²) in [6, 6.07) is 6.80. The van der Waals surface area contributed by atoms with E-state index in [0.29, 0.717) is 25.7 Å². The van der Waals surface area contributed by atoms with Crippen LogP contribution in [0.2, 0.25) is 0 Å². The average molecular weight is 522 g/mol. The van der Waals surface area contributed by atoms with E-state index in [1.807, 2.05) is 26.2 Å². The summed E-state index contributed by atoms with van der Waals surface area (Å²) in [6.45, 7) is 7.49. The molecule has 0 radical (unpaired) electrons. The molecule has 0 aliphatic carbocycles. The van der Waals surface area contributed by atoms with Gasteiger partial charge in [0.15, 0.2) is 5.96 Å². The van der Waals surface area contributed by atoms with Gasteiger partial charge in [-0.1, -0.05) is 12.1 Å². The van der Waals surface area contributed by atoms with Crippen LogP contribution in [-0.4, -0.2) is 83.0 Å². The second-order valence-corrected chi connectivity index (χ2v) is 7.39. The largest absolute Gasteiger partial charge is 0.382 e. The van der Waals surface area contributed by atoms with E-state index in [1.54, 1.807) is 7.11 Å². The van der Waals surface area contributed by atoms with E-state index < -0.39 is 0 Å². The van der Waals surface area contributed by atoms with Gasteiger partial charge in [0.05, 0.1) is 32.4 Å². The molecule has 1 aromatic rings. The van der Waals surface area contributed by atoms with Crippen LogP contribution in [0.15, 0.2) is 29.3 Å². The van der Waals surface area contributed by atoms with Crippen LogP contribution in [-0.2, 0) is 9.47 Å². The van der Waals surface area contributed by atoms with Crippen LogP contribution in [0, 0.1) is 11.7 Å².